The number of hydrogen-bond donors (Lipinski definition) is 1. The molecule has 1 N–H and O–H groups in total. The number of rotatable bonds is 5. The molecule has 2 saturated heterocycles. The molecule has 7 aliphatic rings. The van der Waals surface area contributed by atoms with Crippen LogP contribution in [0.3, 0.4) is 0 Å². The molecule has 2 bridgehead atoms. The van der Waals surface area contributed by atoms with Gasteiger partial charge in [0.2, 0.25) is 5.91 Å². The molecule has 0 aromatic heterocycles. The van der Waals surface area contributed by atoms with E-state index in [0.717, 1.165) is 37.1 Å². The first-order valence-corrected chi connectivity index (χ1v) is 15.8. The minimum absolute atomic E-state index is 0.0475. The first-order chi connectivity index (χ1) is 19.8. The molecule has 1 aromatic carbocycles. The number of carbonyl (C=O) groups is 3. The third-order valence-corrected chi connectivity index (χ3v) is 11.5. The number of allylic oxidation sites excluding steroid dienone is 1. The van der Waals surface area contributed by atoms with Crippen LogP contribution in [0.1, 0.15) is 88.7 Å². The smallest absolute Gasteiger partial charge is 0.308 e. The summed E-state index contributed by atoms with van der Waals surface area (Å²) < 4.78 is 12.4. The van der Waals surface area contributed by atoms with Gasteiger partial charge in [0.1, 0.15) is 6.10 Å². The fourth-order valence-electron chi connectivity index (χ4n) is 9.59. The Morgan fingerprint density at radius 2 is 1.93 bits per heavy atom. The number of hydrogen-bond acceptors (Lipinski definition) is 7. The summed E-state index contributed by atoms with van der Waals surface area (Å²) in [4.78, 5) is 43.5. The van der Waals surface area contributed by atoms with E-state index in [1.165, 1.54) is 43.9 Å². The lowest BCUT2D eigenvalue weighted by atomic mass is 9.48. The summed E-state index contributed by atoms with van der Waals surface area (Å²) in [6, 6.07) is 3.31. The van der Waals surface area contributed by atoms with Crippen molar-refractivity contribution in [3.05, 3.63) is 34.9 Å². The van der Waals surface area contributed by atoms with E-state index in [9.17, 15) is 19.5 Å². The highest BCUT2D eigenvalue weighted by Gasteiger charge is 2.74. The van der Waals surface area contributed by atoms with Gasteiger partial charge in [-0.25, -0.2) is 0 Å². The minimum Gasteiger partial charge on any atom is -0.483 e. The molecule has 218 valence electrons. The first kappa shape index (κ1) is 26.0. The molecule has 0 radical (unpaired) electrons. The molecule has 3 saturated carbocycles. The van der Waals surface area contributed by atoms with E-state index in [2.05, 4.69) is 11.0 Å². The number of ether oxygens (including phenoxy) is 2. The van der Waals surface area contributed by atoms with Crippen molar-refractivity contribution in [2.24, 2.45) is 11.8 Å². The van der Waals surface area contributed by atoms with E-state index >= 15 is 0 Å². The molecule has 41 heavy (non-hydrogen) atoms. The number of piperidine rings is 1. The fourth-order valence-corrected chi connectivity index (χ4v) is 9.59. The quantitative estimate of drug-likeness (QED) is 0.253. The van der Waals surface area contributed by atoms with Crippen LogP contribution in [-0.2, 0) is 26.2 Å². The number of carbonyl (C=O) groups excluding carboxylic acids is 3. The minimum atomic E-state index is -1.05. The second-order valence-electron chi connectivity index (χ2n) is 13.8. The second kappa shape index (κ2) is 9.14. The zero-order valence-corrected chi connectivity index (χ0v) is 23.9. The Balaban J connectivity index is 1.20. The molecule has 8 nitrogen and oxygen atoms in total. The largest absolute Gasteiger partial charge is 0.483 e. The third-order valence-electron chi connectivity index (χ3n) is 11.5. The van der Waals surface area contributed by atoms with Gasteiger partial charge >= 0.3 is 5.97 Å². The molecule has 5 fully saturated rings. The van der Waals surface area contributed by atoms with Gasteiger partial charge in [0.25, 0.3) is 5.91 Å². The summed E-state index contributed by atoms with van der Waals surface area (Å²) in [6.45, 7) is 3.21. The van der Waals surface area contributed by atoms with E-state index in [4.69, 9.17) is 9.47 Å². The van der Waals surface area contributed by atoms with Gasteiger partial charge in [0.05, 0.1) is 23.5 Å². The lowest BCUT2D eigenvalue weighted by Gasteiger charge is -2.64. The molecular formula is C33H40N2O6. The molecule has 2 amide bonds. The van der Waals surface area contributed by atoms with Crippen LogP contribution in [0.5, 0.6) is 11.5 Å². The van der Waals surface area contributed by atoms with E-state index in [0.29, 0.717) is 54.6 Å². The van der Waals surface area contributed by atoms with E-state index in [1.54, 1.807) is 6.07 Å². The Hall–Kier alpha value is -2.71. The normalized spacial score (nSPS) is 37.4. The third kappa shape index (κ3) is 3.68. The number of aliphatic hydroxyl groups is 1. The summed E-state index contributed by atoms with van der Waals surface area (Å²) >= 11 is 0. The molecule has 5 atom stereocenters. The maximum atomic E-state index is 13.9. The number of esters is 1. The van der Waals surface area contributed by atoms with Gasteiger partial charge < -0.3 is 14.6 Å². The molecule has 4 aliphatic carbocycles. The average molecular weight is 561 g/mol. The molecular weight excluding hydrogens is 520 g/mol. The van der Waals surface area contributed by atoms with Crippen molar-refractivity contribution in [1.82, 2.24) is 9.80 Å². The van der Waals surface area contributed by atoms with Crippen LogP contribution < -0.4 is 9.47 Å². The molecule has 1 spiro atoms. The zero-order valence-electron chi connectivity index (χ0n) is 23.9. The van der Waals surface area contributed by atoms with Crippen molar-refractivity contribution in [3.63, 3.8) is 0 Å². The molecule has 3 aliphatic heterocycles. The Labute approximate surface area is 241 Å². The maximum absolute atomic E-state index is 13.9. The van der Waals surface area contributed by atoms with Crippen LogP contribution in [0.2, 0.25) is 0 Å². The van der Waals surface area contributed by atoms with Crippen LogP contribution in [0, 0.1) is 11.8 Å². The van der Waals surface area contributed by atoms with Crippen molar-refractivity contribution in [1.29, 1.82) is 0 Å². The molecule has 1 aromatic rings. The van der Waals surface area contributed by atoms with Gasteiger partial charge in [0.15, 0.2) is 11.5 Å². The molecule has 8 rings (SSSR count). The maximum Gasteiger partial charge on any atom is 0.308 e. The predicted octanol–water partition coefficient (Wildman–Crippen LogP) is 3.81. The van der Waals surface area contributed by atoms with Crippen LogP contribution >= 0.6 is 0 Å². The Kier molecular flexibility index (Phi) is 5.79. The number of amides is 2. The lowest BCUT2D eigenvalue weighted by molar-refractivity contribution is -0.201. The van der Waals surface area contributed by atoms with Gasteiger partial charge in [-0.05, 0) is 81.4 Å². The fraction of sp³-hybridized carbons (Fsp3) is 0.667. The van der Waals surface area contributed by atoms with Crippen LogP contribution in [-0.4, -0.2) is 69.6 Å². The highest BCUT2D eigenvalue weighted by Crippen LogP contribution is 2.66. The summed E-state index contributed by atoms with van der Waals surface area (Å²) in [7, 11) is 0. The van der Waals surface area contributed by atoms with E-state index in [-0.39, 0.29) is 24.3 Å². The van der Waals surface area contributed by atoms with Gasteiger partial charge in [0, 0.05) is 30.6 Å². The van der Waals surface area contributed by atoms with Crippen LogP contribution in [0.25, 0.3) is 0 Å². The van der Waals surface area contributed by atoms with Crippen LogP contribution in [0.4, 0.5) is 0 Å². The Morgan fingerprint density at radius 3 is 2.68 bits per heavy atom. The number of likely N-dealkylation sites (tertiary alicyclic amines) is 2. The molecule has 3 heterocycles. The first-order valence-electron chi connectivity index (χ1n) is 15.8. The van der Waals surface area contributed by atoms with Crippen molar-refractivity contribution < 1.29 is 29.0 Å². The SMILES string of the molecule is CC(=O)Oc1ccc2c3c1O[C@H]1[C@H](N4C(=O)CC(=CC5CCCCC5)C4=O)CC[C@@]4(O)[C@@H](C2)N(CC2CC2)CC[C@]314. The second-order valence-corrected chi connectivity index (χ2v) is 13.8. The van der Waals surface area contributed by atoms with Crippen LogP contribution in [0.15, 0.2) is 23.8 Å². The van der Waals surface area contributed by atoms with Gasteiger partial charge in [-0.3, -0.25) is 24.2 Å². The standard InChI is InChI=1S/C33H40N2O6/c1-19(36)40-25-10-9-22-16-26-33(39)12-11-24(35-27(37)17-23(31(35)38)15-20-5-3-2-4-6-20)30-32(33,28(22)29(25)41-30)13-14-34(26)18-21-7-8-21/h9-10,15,20-21,24,26,30,39H,2-8,11-14,16-18H2,1H3/t24-,26-,30+,32+,33-/m1/s1. The monoisotopic (exact) mass is 560 g/mol. The highest BCUT2D eigenvalue weighted by atomic mass is 16.6. The Bertz CT molecular complexity index is 1360. The average Bonchev–Trinajstić information content (AvgIpc) is 3.63. The van der Waals surface area contributed by atoms with Crippen molar-refractivity contribution >= 4 is 17.8 Å². The number of imide groups is 1. The topological polar surface area (TPSA) is 96.4 Å². The number of nitrogens with zero attached hydrogens (tertiary/aromatic N) is 2. The predicted molar refractivity (Wildman–Crippen MR) is 149 cm³/mol. The van der Waals surface area contributed by atoms with E-state index < -0.39 is 29.1 Å². The van der Waals surface area contributed by atoms with Gasteiger partial charge in [-0.15, -0.1) is 0 Å². The summed E-state index contributed by atoms with van der Waals surface area (Å²) in [6.07, 6.45) is 12.3. The molecule has 8 heteroatoms. The van der Waals surface area contributed by atoms with Crippen molar-refractivity contribution in [2.45, 2.75) is 113 Å². The summed E-state index contributed by atoms with van der Waals surface area (Å²) in [5, 5.41) is 12.8. The number of benzene rings is 1. The van der Waals surface area contributed by atoms with Gasteiger partial charge in [-0.2, -0.15) is 0 Å². The summed E-state index contributed by atoms with van der Waals surface area (Å²) in [5.41, 5.74) is 0.855. The zero-order chi connectivity index (χ0) is 28.1. The van der Waals surface area contributed by atoms with Gasteiger partial charge in [-0.1, -0.05) is 31.4 Å². The summed E-state index contributed by atoms with van der Waals surface area (Å²) in [5.74, 6) is 1.15. The Morgan fingerprint density at radius 1 is 1.12 bits per heavy atom. The van der Waals surface area contributed by atoms with Crippen molar-refractivity contribution in [2.75, 3.05) is 13.1 Å². The van der Waals surface area contributed by atoms with Crippen molar-refractivity contribution in [3.8, 4) is 11.5 Å². The highest BCUT2D eigenvalue weighted by molar-refractivity contribution is 6.13. The van der Waals surface area contributed by atoms with E-state index in [1.807, 2.05) is 6.07 Å². The lowest BCUT2D eigenvalue weighted by Crippen LogP contribution is -2.78. The molecule has 0 unspecified atom stereocenters.